The van der Waals surface area contributed by atoms with Gasteiger partial charge in [-0.25, -0.2) is 0 Å². The molecule has 0 bridgehead atoms. The molecular formula is C17H23ClN2O. The Morgan fingerprint density at radius 1 is 1.29 bits per heavy atom. The molecule has 2 aliphatic rings. The third-order valence-electron chi connectivity index (χ3n) is 4.40. The molecule has 1 atom stereocenters. The first kappa shape index (κ1) is 14.9. The Balaban J connectivity index is 1.62. The number of halogens is 1. The number of nitrogens with one attached hydrogen (secondary N) is 1. The van der Waals surface area contributed by atoms with Crippen LogP contribution in [-0.4, -0.2) is 29.9 Å². The maximum absolute atomic E-state index is 12.5. The lowest BCUT2D eigenvalue weighted by atomic mass is 10.1. The van der Waals surface area contributed by atoms with Gasteiger partial charge in [-0.05, 0) is 62.8 Å². The second-order valence-electron chi connectivity index (χ2n) is 6.33. The predicted molar refractivity (Wildman–Crippen MR) is 85.3 cm³/mol. The smallest absolute Gasteiger partial charge is 0.237 e. The Labute approximate surface area is 131 Å². The molecule has 3 rings (SSSR count). The van der Waals surface area contributed by atoms with E-state index < -0.39 is 0 Å². The fourth-order valence-electron chi connectivity index (χ4n) is 2.79. The molecule has 1 unspecified atom stereocenters. The summed E-state index contributed by atoms with van der Waals surface area (Å²) in [6, 6.07) is 8.37. The van der Waals surface area contributed by atoms with E-state index in [-0.39, 0.29) is 11.9 Å². The minimum Gasteiger partial charge on any atom is -0.332 e. The van der Waals surface area contributed by atoms with Crippen LogP contribution in [0.4, 0.5) is 0 Å². The van der Waals surface area contributed by atoms with Gasteiger partial charge in [-0.1, -0.05) is 23.7 Å². The van der Waals surface area contributed by atoms with E-state index >= 15 is 0 Å². The molecule has 2 saturated carbocycles. The summed E-state index contributed by atoms with van der Waals surface area (Å²) < 4.78 is 0. The van der Waals surface area contributed by atoms with Gasteiger partial charge in [-0.2, -0.15) is 0 Å². The molecule has 0 saturated heterocycles. The zero-order valence-corrected chi connectivity index (χ0v) is 13.3. The Bertz CT molecular complexity index is 494. The van der Waals surface area contributed by atoms with Crippen molar-refractivity contribution in [1.29, 1.82) is 0 Å². The molecule has 0 heterocycles. The molecule has 0 spiro atoms. The van der Waals surface area contributed by atoms with Gasteiger partial charge in [0.25, 0.3) is 0 Å². The standard InChI is InChI=1S/C17H23ClN2O/c1-12(14-4-6-15(18)7-5-14)20(16-8-9-16)17(21)11-19-10-13-2-3-13/h4-7,12-13,16,19H,2-3,8-11H2,1H3. The van der Waals surface area contributed by atoms with Crippen LogP contribution in [0, 0.1) is 5.92 Å². The lowest BCUT2D eigenvalue weighted by molar-refractivity contribution is -0.133. The molecule has 1 aromatic carbocycles. The molecule has 21 heavy (non-hydrogen) atoms. The largest absolute Gasteiger partial charge is 0.332 e. The SMILES string of the molecule is CC(c1ccc(Cl)cc1)N(C(=O)CNCC1CC1)C1CC1. The van der Waals surface area contributed by atoms with E-state index in [0.717, 1.165) is 35.9 Å². The molecule has 1 amide bonds. The molecule has 0 aromatic heterocycles. The van der Waals surface area contributed by atoms with Crippen LogP contribution in [0.15, 0.2) is 24.3 Å². The second-order valence-corrected chi connectivity index (χ2v) is 6.77. The molecule has 2 fully saturated rings. The van der Waals surface area contributed by atoms with E-state index in [9.17, 15) is 4.79 Å². The summed E-state index contributed by atoms with van der Waals surface area (Å²) in [6.45, 7) is 3.56. The highest BCUT2D eigenvalue weighted by atomic mass is 35.5. The number of benzene rings is 1. The number of hydrogen-bond donors (Lipinski definition) is 1. The van der Waals surface area contributed by atoms with E-state index in [1.54, 1.807) is 0 Å². The van der Waals surface area contributed by atoms with Crippen LogP contribution in [0.1, 0.15) is 44.2 Å². The van der Waals surface area contributed by atoms with Gasteiger partial charge in [0, 0.05) is 11.1 Å². The summed E-state index contributed by atoms with van der Waals surface area (Å²) in [4.78, 5) is 14.6. The Morgan fingerprint density at radius 3 is 2.52 bits per heavy atom. The van der Waals surface area contributed by atoms with Crippen molar-refractivity contribution >= 4 is 17.5 Å². The first-order chi connectivity index (χ1) is 10.1. The normalized spacial score (nSPS) is 19.3. The maximum atomic E-state index is 12.5. The van der Waals surface area contributed by atoms with E-state index in [1.807, 2.05) is 24.3 Å². The molecule has 1 aromatic rings. The fourth-order valence-corrected chi connectivity index (χ4v) is 2.91. The fraction of sp³-hybridized carbons (Fsp3) is 0.588. The van der Waals surface area contributed by atoms with Crippen LogP contribution < -0.4 is 5.32 Å². The summed E-state index contributed by atoms with van der Waals surface area (Å²) in [5, 5.41) is 4.05. The molecule has 1 N–H and O–H groups in total. The minimum atomic E-state index is 0.116. The van der Waals surface area contributed by atoms with Crippen molar-refractivity contribution in [3.8, 4) is 0 Å². The van der Waals surface area contributed by atoms with E-state index in [1.165, 1.54) is 12.8 Å². The van der Waals surface area contributed by atoms with Crippen molar-refractivity contribution < 1.29 is 4.79 Å². The minimum absolute atomic E-state index is 0.116. The van der Waals surface area contributed by atoms with Crippen molar-refractivity contribution in [1.82, 2.24) is 10.2 Å². The number of amides is 1. The molecule has 114 valence electrons. The topological polar surface area (TPSA) is 32.3 Å². The number of rotatable bonds is 7. The quantitative estimate of drug-likeness (QED) is 0.837. The van der Waals surface area contributed by atoms with Crippen LogP contribution in [0.3, 0.4) is 0 Å². The van der Waals surface area contributed by atoms with Crippen molar-refractivity contribution in [3.05, 3.63) is 34.9 Å². The summed E-state index contributed by atoms with van der Waals surface area (Å²) in [7, 11) is 0. The molecule has 4 heteroatoms. The van der Waals surface area contributed by atoms with Crippen LogP contribution >= 0.6 is 11.6 Å². The summed E-state index contributed by atoms with van der Waals surface area (Å²) >= 11 is 5.95. The molecule has 2 aliphatic carbocycles. The zero-order chi connectivity index (χ0) is 14.8. The highest BCUT2D eigenvalue weighted by Crippen LogP contribution is 2.34. The molecule has 0 radical (unpaired) electrons. The Hall–Kier alpha value is -1.06. The number of nitrogens with zero attached hydrogens (tertiary/aromatic N) is 1. The van der Waals surface area contributed by atoms with Gasteiger partial charge in [0.05, 0.1) is 12.6 Å². The summed E-state index contributed by atoms with van der Waals surface area (Å²) in [5.41, 5.74) is 1.15. The predicted octanol–water partition coefficient (Wildman–Crippen LogP) is 3.39. The van der Waals surface area contributed by atoms with Crippen molar-refractivity contribution in [2.24, 2.45) is 5.92 Å². The third-order valence-corrected chi connectivity index (χ3v) is 4.66. The van der Waals surface area contributed by atoms with Gasteiger partial charge < -0.3 is 10.2 Å². The van der Waals surface area contributed by atoms with E-state index in [0.29, 0.717) is 12.6 Å². The van der Waals surface area contributed by atoms with E-state index in [4.69, 9.17) is 11.6 Å². The van der Waals surface area contributed by atoms with Crippen LogP contribution in [0.25, 0.3) is 0 Å². The summed E-state index contributed by atoms with van der Waals surface area (Å²) in [6.07, 6.45) is 4.89. The zero-order valence-electron chi connectivity index (χ0n) is 12.5. The Kier molecular flexibility index (Phi) is 4.51. The number of carbonyl (C=O) groups is 1. The molecular weight excluding hydrogens is 284 g/mol. The van der Waals surface area contributed by atoms with Gasteiger partial charge in [-0.15, -0.1) is 0 Å². The Morgan fingerprint density at radius 2 is 1.95 bits per heavy atom. The highest BCUT2D eigenvalue weighted by Gasteiger charge is 2.36. The van der Waals surface area contributed by atoms with Gasteiger partial charge in [0.1, 0.15) is 0 Å². The highest BCUT2D eigenvalue weighted by molar-refractivity contribution is 6.30. The van der Waals surface area contributed by atoms with Crippen molar-refractivity contribution in [2.75, 3.05) is 13.1 Å². The maximum Gasteiger partial charge on any atom is 0.237 e. The van der Waals surface area contributed by atoms with E-state index in [2.05, 4.69) is 17.1 Å². The van der Waals surface area contributed by atoms with Crippen LogP contribution in [0.2, 0.25) is 5.02 Å². The van der Waals surface area contributed by atoms with Crippen LogP contribution in [0.5, 0.6) is 0 Å². The van der Waals surface area contributed by atoms with Crippen molar-refractivity contribution in [2.45, 2.75) is 44.7 Å². The molecule has 0 aliphatic heterocycles. The number of hydrogen-bond acceptors (Lipinski definition) is 2. The molecule has 3 nitrogen and oxygen atoms in total. The monoisotopic (exact) mass is 306 g/mol. The van der Waals surface area contributed by atoms with Gasteiger partial charge in [0.2, 0.25) is 5.91 Å². The van der Waals surface area contributed by atoms with Gasteiger partial charge >= 0.3 is 0 Å². The third kappa shape index (κ3) is 3.98. The second kappa shape index (κ2) is 6.37. The van der Waals surface area contributed by atoms with Gasteiger partial charge in [-0.3, -0.25) is 4.79 Å². The average molecular weight is 307 g/mol. The average Bonchev–Trinajstić information content (AvgIpc) is 3.34. The lowest BCUT2D eigenvalue weighted by Crippen LogP contribution is -2.41. The van der Waals surface area contributed by atoms with Crippen LogP contribution in [-0.2, 0) is 4.79 Å². The van der Waals surface area contributed by atoms with Gasteiger partial charge in [0.15, 0.2) is 0 Å². The first-order valence-electron chi connectivity index (χ1n) is 7.92. The lowest BCUT2D eigenvalue weighted by Gasteiger charge is -2.30. The summed E-state index contributed by atoms with van der Waals surface area (Å²) in [5.74, 6) is 1.03. The van der Waals surface area contributed by atoms with Crippen molar-refractivity contribution in [3.63, 3.8) is 0 Å². The number of carbonyl (C=O) groups excluding carboxylic acids is 1. The first-order valence-corrected chi connectivity index (χ1v) is 8.30.